The number of rotatable bonds is 15. The molecule has 0 saturated carbocycles. The minimum Gasteiger partial charge on any atom is -0.395 e. The summed E-state index contributed by atoms with van der Waals surface area (Å²) in [6.45, 7) is 15.6. The first-order chi connectivity index (χ1) is 24.5. The lowest BCUT2D eigenvalue weighted by Crippen LogP contribution is -2.47. The van der Waals surface area contributed by atoms with E-state index in [1.165, 1.54) is 33.8 Å². The lowest BCUT2D eigenvalue weighted by molar-refractivity contribution is -0.118. The van der Waals surface area contributed by atoms with Crippen LogP contribution in [0.4, 0.5) is 11.8 Å². The van der Waals surface area contributed by atoms with Gasteiger partial charge in [-0.15, -0.1) is 0 Å². The first-order valence-corrected chi connectivity index (χ1v) is 21.1. The molecule has 4 heterocycles. The van der Waals surface area contributed by atoms with E-state index in [9.17, 15) is 31.5 Å². The van der Waals surface area contributed by atoms with Crippen LogP contribution in [0.3, 0.4) is 0 Å². The van der Waals surface area contributed by atoms with E-state index in [-0.39, 0.29) is 41.7 Å². The number of methoxy groups -OCH3 is 1. The molecule has 18 heteroatoms. The van der Waals surface area contributed by atoms with Gasteiger partial charge in [-0.25, -0.2) is 16.8 Å². The summed E-state index contributed by atoms with van der Waals surface area (Å²) in [5, 5.41) is 22.2. The van der Waals surface area contributed by atoms with Gasteiger partial charge < -0.3 is 28.4 Å². The molecule has 2 amide bonds. The Hall–Kier alpha value is -2.90. The van der Waals surface area contributed by atoms with Crippen molar-refractivity contribution in [2.45, 2.75) is 101 Å². The van der Waals surface area contributed by atoms with Crippen molar-refractivity contribution in [1.82, 2.24) is 10.3 Å². The molecule has 2 aromatic rings. The highest BCUT2D eigenvalue weighted by molar-refractivity contribution is 7.93. The lowest BCUT2D eigenvalue weighted by atomic mass is 9.90. The third kappa shape index (κ3) is 11.3. The average Bonchev–Trinajstić information content (AvgIpc) is 3.76. The largest absolute Gasteiger partial charge is 0.395 e. The van der Waals surface area contributed by atoms with E-state index in [2.05, 4.69) is 20.9 Å². The van der Waals surface area contributed by atoms with E-state index >= 15 is 0 Å². The van der Waals surface area contributed by atoms with Gasteiger partial charge >= 0.3 is 0 Å². The number of sulfone groups is 2. The van der Waals surface area contributed by atoms with Gasteiger partial charge in [0.05, 0.1) is 36.1 Å². The summed E-state index contributed by atoms with van der Waals surface area (Å²) >= 11 is 0. The van der Waals surface area contributed by atoms with E-state index in [0.717, 1.165) is 0 Å². The smallest absolute Gasteiger partial charge is 0.247 e. The Labute approximate surface area is 313 Å². The van der Waals surface area contributed by atoms with Crippen molar-refractivity contribution < 1.29 is 54.8 Å². The SMILES string of the molecule is CC(C)(CO)c1cc(NC(=O)C(C)(C)S(=O)(=O)CC2CCOCC2)on1.COCC(C)(C)c1cc(NC(=O)C(C)(C)S(=O)(=O)CC2CCOCC2)on1. The van der Waals surface area contributed by atoms with Crippen LogP contribution in [0, 0.1) is 11.8 Å². The zero-order valence-electron chi connectivity index (χ0n) is 32.4. The Morgan fingerprint density at radius 1 is 0.717 bits per heavy atom. The number of amides is 2. The zero-order valence-corrected chi connectivity index (χ0v) is 34.1. The van der Waals surface area contributed by atoms with E-state index < -0.39 is 51.8 Å². The highest BCUT2D eigenvalue weighted by Crippen LogP contribution is 2.30. The third-order valence-corrected chi connectivity index (χ3v) is 15.3. The third-order valence-electron chi connectivity index (χ3n) is 10.0. The van der Waals surface area contributed by atoms with Gasteiger partial charge in [-0.2, -0.15) is 0 Å². The van der Waals surface area contributed by atoms with Crippen molar-refractivity contribution >= 4 is 43.3 Å². The van der Waals surface area contributed by atoms with Crippen LogP contribution in [0.2, 0.25) is 0 Å². The fraction of sp³-hybridized carbons (Fsp3) is 0.771. The van der Waals surface area contributed by atoms with Gasteiger partial charge in [0.2, 0.25) is 23.6 Å². The highest BCUT2D eigenvalue weighted by Gasteiger charge is 2.45. The van der Waals surface area contributed by atoms with E-state index in [0.29, 0.717) is 70.1 Å². The van der Waals surface area contributed by atoms with Crippen molar-refractivity contribution in [2.24, 2.45) is 11.8 Å². The Kier molecular flexibility index (Phi) is 14.9. The molecule has 0 unspecified atom stereocenters. The molecule has 53 heavy (non-hydrogen) atoms. The Bertz CT molecular complexity index is 1730. The summed E-state index contributed by atoms with van der Waals surface area (Å²) in [4.78, 5) is 25.3. The van der Waals surface area contributed by atoms with Gasteiger partial charge in [0, 0.05) is 56.5 Å². The number of nitrogens with zero attached hydrogens (tertiary/aromatic N) is 2. The molecule has 2 fully saturated rings. The van der Waals surface area contributed by atoms with Crippen molar-refractivity contribution in [3.63, 3.8) is 0 Å². The maximum Gasteiger partial charge on any atom is 0.247 e. The minimum atomic E-state index is -3.67. The van der Waals surface area contributed by atoms with E-state index in [1.807, 2.05) is 13.8 Å². The Morgan fingerprint density at radius 2 is 1.08 bits per heavy atom. The van der Waals surface area contributed by atoms with Crippen LogP contribution in [-0.2, 0) is 54.3 Å². The Balaban J connectivity index is 0.000000286. The fourth-order valence-electron chi connectivity index (χ4n) is 5.49. The monoisotopic (exact) mass is 790 g/mol. The Morgan fingerprint density at radius 3 is 1.42 bits per heavy atom. The molecule has 3 N–H and O–H groups in total. The normalized spacial score (nSPS) is 17.2. The van der Waals surface area contributed by atoms with Crippen LogP contribution in [0.15, 0.2) is 21.2 Å². The van der Waals surface area contributed by atoms with Gasteiger partial charge in [0.15, 0.2) is 19.7 Å². The number of nitrogens with one attached hydrogen (secondary N) is 2. The molecule has 0 spiro atoms. The van der Waals surface area contributed by atoms with Crippen molar-refractivity contribution in [3.05, 3.63) is 23.5 Å². The predicted molar refractivity (Wildman–Crippen MR) is 198 cm³/mol. The topological polar surface area (TPSA) is 226 Å². The number of ether oxygens (including phenoxy) is 3. The van der Waals surface area contributed by atoms with Crippen molar-refractivity contribution in [2.75, 3.05) is 68.9 Å². The maximum atomic E-state index is 12.8. The number of aliphatic hydroxyl groups excluding tert-OH is 1. The highest BCUT2D eigenvalue weighted by atomic mass is 32.2. The summed E-state index contributed by atoms with van der Waals surface area (Å²) in [6.07, 6.45) is 2.74. The summed E-state index contributed by atoms with van der Waals surface area (Å²) in [6, 6.07) is 3.09. The summed E-state index contributed by atoms with van der Waals surface area (Å²) in [7, 11) is -5.74. The van der Waals surface area contributed by atoms with Gasteiger partial charge in [-0.1, -0.05) is 38.0 Å². The molecule has 0 aliphatic carbocycles. The molecular weight excluding hydrogens is 733 g/mol. The second-order valence-corrected chi connectivity index (χ2v) is 21.3. The van der Waals surface area contributed by atoms with Crippen LogP contribution < -0.4 is 10.6 Å². The second kappa shape index (κ2) is 17.7. The molecule has 2 aliphatic rings. The van der Waals surface area contributed by atoms with Gasteiger partial charge in [0.1, 0.15) is 9.49 Å². The summed E-state index contributed by atoms with van der Waals surface area (Å²) < 4.78 is 74.0. The number of anilines is 2. The number of hydrogen-bond acceptors (Lipinski definition) is 14. The number of aromatic nitrogens is 2. The van der Waals surface area contributed by atoms with E-state index in [4.69, 9.17) is 23.3 Å². The van der Waals surface area contributed by atoms with Crippen LogP contribution >= 0.6 is 0 Å². The molecule has 2 aliphatic heterocycles. The number of carbonyl (C=O) groups is 2. The summed E-state index contributed by atoms with van der Waals surface area (Å²) in [5.41, 5.74) is 0.0592. The lowest BCUT2D eigenvalue weighted by Gasteiger charge is -2.28. The van der Waals surface area contributed by atoms with Gasteiger partial charge in [-0.05, 0) is 65.2 Å². The van der Waals surface area contributed by atoms with Gasteiger partial charge in [-0.3, -0.25) is 20.2 Å². The first-order valence-electron chi connectivity index (χ1n) is 17.8. The number of hydrogen-bond donors (Lipinski definition) is 3. The average molecular weight is 791 g/mol. The fourth-order valence-corrected chi connectivity index (χ4v) is 8.90. The van der Waals surface area contributed by atoms with E-state index in [1.54, 1.807) is 27.0 Å². The van der Waals surface area contributed by atoms with Crippen LogP contribution in [0.25, 0.3) is 0 Å². The van der Waals surface area contributed by atoms with Gasteiger partial charge in [0.25, 0.3) is 0 Å². The molecule has 0 radical (unpaired) electrons. The minimum absolute atomic E-state index is 0.00283. The number of aliphatic hydroxyl groups is 1. The zero-order chi connectivity index (χ0) is 39.9. The quantitative estimate of drug-likeness (QED) is 0.234. The molecule has 302 valence electrons. The van der Waals surface area contributed by atoms with Crippen molar-refractivity contribution in [1.29, 1.82) is 0 Å². The first kappa shape index (κ1) is 44.5. The summed E-state index contributed by atoms with van der Waals surface area (Å²) in [5.74, 6) is -1.19. The molecule has 4 rings (SSSR count). The molecule has 2 saturated heterocycles. The second-order valence-electron chi connectivity index (χ2n) is 16.1. The molecule has 2 aromatic heterocycles. The number of carbonyl (C=O) groups excluding carboxylic acids is 2. The van der Waals surface area contributed by atoms with Crippen LogP contribution in [0.1, 0.15) is 92.5 Å². The molecule has 0 bridgehead atoms. The van der Waals surface area contributed by atoms with Crippen LogP contribution in [-0.4, -0.2) is 112 Å². The molecule has 0 atom stereocenters. The molecule has 0 aromatic carbocycles. The van der Waals surface area contributed by atoms with Crippen LogP contribution in [0.5, 0.6) is 0 Å². The molecular formula is C35H58N4O12S2. The molecule has 16 nitrogen and oxygen atoms in total. The standard InChI is InChI=1S/C18H30N2O6S.C17H28N2O6S/c1-17(2,12-24-5)14-10-15(26-20-14)19-16(21)18(3,4)27(22,23)11-13-6-8-25-9-7-13;1-16(2,11-20)13-9-14(25-19-13)18-15(21)17(3,4)26(22,23)10-12-5-7-24-8-6-12/h10,13H,6-9,11-12H2,1-5H3,(H,19,21);9,12,20H,5-8,10-11H2,1-4H3,(H,18,21). The van der Waals surface area contributed by atoms with Crippen molar-refractivity contribution in [3.8, 4) is 0 Å². The predicted octanol–water partition coefficient (Wildman–Crippen LogP) is 3.66. The maximum absolute atomic E-state index is 12.8.